The van der Waals surface area contributed by atoms with E-state index in [1.165, 1.54) is 6.07 Å². The Bertz CT molecular complexity index is 545. The Morgan fingerprint density at radius 3 is 2.44 bits per heavy atom. The molecule has 0 aromatic heterocycles. The van der Waals surface area contributed by atoms with Gasteiger partial charge in [-0.2, -0.15) is 0 Å². The van der Waals surface area contributed by atoms with E-state index in [0.29, 0.717) is 11.1 Å². The van der Waals surface area contributed by atoms with Crippen LogP contribution in [0, 0.1) is 0 Å². The Labute approximate surface area is 107 Å². The second-order valence-electron chi connectivity index (χ2n) is 5.09. The summed E-state index contributed by atoms with van der Waals surface area (Å²) in [7, 11) is -3.31. The fourth-order valence-corrected chi connectivity index (χ4v) is 3.61. The topological polar surface area (TPSA) is 103 Å². The van der Waals surface area contributed by atoms with Gasteiger partial charge >= 0.3 is 0 Å². The van der Waals surface area contributed by atoms with Crippen LogP contribution >= 0.6 is 0 Å². The normalized spacial score (nSPS) is 12.4. The van der Waals surface area contributed by atoms with Gasteiger partial charge in [0.1, 0.15) is 0 Å². The highest BCUT2D eigenvalue weighted by atomic mass is 32.2. The molecule has 0 aliphatic heterocycles. The summed E-state index contributed by atoms with van der Waals surface area (Å²) < 4.78 is 23.8. The van der Waals surface area contributed by atoms with Gasteiger partial charge in [0.2, 0.25) is 5.91 Å². The van der Waals surface area contributed by atoms with E-state index < -0.39 is 21.3 Å². The third-order valence-electron chi connectivity index (χ3n) is 2.19. The van der Waals surface area contributed by atoms with E-state index in [4.69, 9.17) is 11.5 Å². The first-order valence-electron chi connectivity index (χ1n) is 5.47. The highest BCUT2D eigenvalue weighted by Gasteiger charge is 2.22. The van der Waals surface area contributed by atoms with Gasteiger partial charge in [-0.3, -0.25) is 4.79 Å². The predicted molar refractivity (Wildman–Crippen MR) is 70.7 cm³/mol. The van der Waals surface area contributed by atoms with Crippen molar-refractivity contribution < 1.29 is 13.2 Å². The Kier molecular flexibility index (Phi) is 4.13. The van der Waals surface area contributed by atoms with Crippen LogP contribution in [0.25, 0.3) is 0 Å². The van der Waals surface area contributed by atoms with Crippen LogP contribution in [0.4, 0.5) is 0 Å². The minimum Gasteiger partial charge on any atom is -0.366 e. The molecule has 1 amide bonds. The smallest absolute Gasteiger partial charge is 0.248 e. The summed E-state index contributed by atoms with van der Waals surface area (Å²) in [5.41, 5.74) is 10.9. The second kappa shape index (κ2) is 5.07. The lowest BCUT2D eigenvalue weighted by Crippen LogP contribution is -2.40. The number of amides is 1. The van der Waals surface area contributed by atoms with Gasteiger partial charge < -0.3 is 11.5 Å². The number of hydrogen-bond donors (Lipinski definition) is 2. The van der Waals surface area contributed by atoms with Crippen molar-refractivity contribution in [2.24, 2.45) is 11.5 Å². The molecule has 4 N–H and O–H groups in total. The van der Waals surface area contributed by atoms with Crippen molar-refractivity contribution in [1.82, 2.24) is 0 Å². The molecule has 0 fully saturated rings. The largest absolute Gasteiger partial charge is 0.366 e. The number of primary amides is 1. The molecule has 0 atom stereocenters. The quantitative estimate of drug-likeness (QED) is 0.810. The number of hydrogen-bond acceptors (Lipinski definition) is 4. The molecule has 1 aromatic rings. The van der Waals surface area contributed by atoms with Crippen molar-refractivity contribution in [3.8, 4) is 0 Å². The summed E-state index contributed by atoms with van der Waals surface area (Å²) in [5.74, 6) is -0.830. The monoisotopic (exact) mass is 270 g/mol. The third-order valence-corrected chi connectivity index (χ3v) is 4.15. The highest BCUT2D eigenvalue weighted by Crippen LogP contribution is 2.12. The van der Waals surface area contributed by atoms with Gasteiger partial charge in [0, 0.05) is 11.1 Å². The number of carbonyl (C=O) groups excluding carboxylic acids is 1. The SMILES string of the molecule is CC(C)(N)CS(=O)(=O)Cc1cccc(C(N)=O)c1. The van der Waals surface area contributed by atoms with Gasteiger partial charge in [0.05, 0.1) is 11.5 Å². The first-order chi connectivity index (χ1) is 8.09. The maximum Gasteiger partial charge on any atom is 0.248 e. The van der Waals surface area contributed by atoms with Crippen molar-refractivity contribution in [1.29, 1.82) is 0 Å². The summed E-state index contributed by atoms with van der Waals surface area (Å²) in [4.78, 5) is 11.0. The van der Waals surface area contributed by atoms with Crippen LogP contribution in [0.3, 0.4) is 0 Å². The van der Waals surface area contributed by atoms with Crippen LogP contribution in [-0.2, 0) is 15.6 Å². The number of rotatable bonds is 5. The van der Waals surface area contributed by atoms with Crippen molar-refractivity contribution in [2.75, 3.05) is 5.75 Å². The summed E-state index contributed by atoms with van der Waals surface area (Å²) in [5, 5.41) is 0. The first kappa shape index (κ1) is 14.7. The Morgan fingerprint density at radius 1 is 1.33 bits per heavy atom. The van der Waals surface area contributed by atoms with Crippen LogP contribution in [0.1, 0.15) is 29.8 Å². The van der Waals surface area contributed by atoms with Crippen molar-refractivity contribution in [2.45, 2.75) is 25.1 Å². The number of sulfone groups is 1. The lowest BCUT2D eigenvalue weighted by molar-refractivity contribution is 0.1000. The molecule has 6 heteroatoms. The Hall–Kier alpha value is -1.40. The molecule has 1 aromatic carbocycles. The zero-order chi connectivity index (χ0) is 14.0. The van der Waals surface area contributed by atoms with E-state index >= 15 is 0 Å². The number of carbonyl (C=O) groups is 1. The van der Waals surface area contributed by atoms with Crippen LogP contribution in [0.2, 0.25) is 0 Å². The lowest BCUT2D eigenvalue weighted by atomic mass is 10.1. The van der Waals surface area contributed by atoms with E-state index in [9.17, 15) is 13.2 Å². The van der Waals surface area contributed by atoms with Crippen LogP contribution < -0.4 is 11.5 Å². The molecule has 100 valence electrons. The van der Waals surface area contributed by atoms with E-state index in [2.05, 4.69) is 0 Å². The Morgan fingerprint density at radius 2 is 1.94 bits per heavy atom. The molecule has 0 bridgehead atoms. The van der Waals surface area contributed by atoms with Crippen molar-refractivity contribution in [3.05, 3.63) is 35.4 Å². The lowest BCUT2D eigenvalue weighted by Gasteiger charge is -2.18. The zero-order valence-electron chi connectivity index (χ0n) is 10.5. The maximum absolute atomic E-state index is 11.9. The molecule has 18 heavy (non-hydrogen) atoms. The Balaban J connectivity index is 2.91. The molecular weight excluding hydrogens is 252 g/mol. The molecule has 1 rings (SSSR count). The van der Waals surface area contributed by atoms with Crippen LogP contribution in [0.15, 0.2) is 24.3 Å². The molecule has 0 spiro atoms. The van der Waals surface area contributed by atoms with E-state index in [-0.39, 0.29) is 11.5 Å². The molecule has 0 unspecified atom stereocenters. The summed E-state index contributed by atoms with van der Waals surface area (Å²) in [6.45, 7) is 3.31. The molecule has 0 radical (unpaired) electrons. The van der Waals surface area contributed by atoms with Gasteiger partial charge in [-0.1, -0.05) is 12.1 Å². The minimum absolute atomic E-state index is 0.110. The van der Waals surface area contributed by atoms with Gasteiger partial charge in [0.25, 0.3) is 0 Å². The summed E-state index contributed by atoms with van der Waals surface area (Å²) in [6.07, 6.45) is 0. The summed E-state index contributed by atoms with van der Waals surface area (Å²) >= 11 is 0. The van der Waals surface area contributed by atoms with Crippen molar-refractivity contribution >= 4 is 15.7 Å². The second-order valence-corrected chi connectivity index (χ2v) is 7.15. The van der Waals surface area contributed by atoms with E-state index in [1.54, 1.807) is 32.0 Å². The van der Waals surface area contributed by atoms with E-state index in [0.717, 1.165) is 0 Å². The maximum atomic E-state index is 11.9. The standard InChI is InChI=1S/C12H18N2O3S/c1-12(2,14)8-18(16,17)7-9-4-3-5-10(6-9)11(13)15/h3-6H,7-8,14H2,1-2H3,(H2,13,15). The van der Waals surface area contributed by atoms with Gasteiger partial charge in [-0.15, -0.1) is 0 Å². The van der Waals surface area contributed by atoms with E-state index in [1.807, 2.05) is 0 Å². The predicted octanol–water partition coefficient (Wildman–Crippen LogP) is 0.438. The molecule has 0 saturated carbocycles. The molecule has 0 aliphatic carbocycles. The zero-order valence-corrected chi connectivity index (χ0v) is 11.3. The fourth-order valence-electron chi connectivity index (χ4n) is 1.69. The molecule has 5 nitrogen and oxygen atoms in total. The minimum atomic E-state index is -3.31. The van der Waals surface area contributed by atoms with Gasteiger partial charge in [-0.25, -0.2) is 8.42 Å². The van der Waals surface area contributed by atoms with Gasteiger partial charge in [-0.05, 0) is 31.5 Å². The molecule has 0 aliphatic rings. The average Bonchev–Trinajstić information content (AvgIpc) is 2.12. The number of nitrogens with two attached hydrogens (primary N) is 2. The van der Waals surface area contributed by atoms with Crippen LogP contribution in [-0.4, -0.2) is 25.6 Å². The fraction of sp³-hybridized carbons (Fsp3) is 0.417. The average molecular weight is 270 g/mol. The number of benzene rings is 1. The van der Waals surface area contributed by atoms with Crippen molar-refractivity contribution in [3.63, 3.8) is 0 Å². The first-order valence-corrected chi connectivity index (χ1v) is 7.29. The van der Waals surface area contributed by atoms with Gasteiger partial charge in [0.15, 0.2) is 9.84 Å². The molecule has 0 saturated heterocycles. The molecule has 0 heterocycles. The third kappa shape index (κ3) is 4.85. The molecular formula is C12H18N2O3S. The highest BCUT2D eigenvalue weighted by molar-refractivity contribution is 7.90. The summed E-state index contributed by atoms with van der Waals surface area (Å²) in [6, 6.07) is 6.29. The van der Waals surface area contributed by atoms with Crippen LogP contribution in [0.5, 0.6) is 0 Å².